The highest BCUT2D eigenvalue weighted by Gasteiger charge is 2.19. The molecule has 4 aromatic heterocycles. The van der Waals surface area contributed by atoms with Crippen LogP contribution in [0.25, 0.3) is 55.3 Å². The fraction of sp³-hybridized carbons (Fsp3) is 0.120. The average Bonchev–Trinajstić information content (AvgIpc) is 3.39. The Balaban J connectivity index is 1.61. The van der Waals surface area contributed by atoms with Gasteiger partial charge in [0.2, 0.25) is 5.71 Å². The number of fused-ring (bicyclic) bond motifs is 7. The van der Waals surface area contributed by atoms with Crippen molar-refractivity contribution in [1.29, 1.82) is 0 Å². The molecule has 0 saturated carbocycles. The van der Waals surface area contributed by atoms with Gasteiger partial charge in [-0.1, -0.05) is 12.1 Å². The molecule has 0 amide bonds. The molecule has 6 rings (SSSR count). The molecule has 0 fully saturated rings. The van der Waals surface area contributed by atoms with E-state index in [9.17, 15) is 0 Å². The van der Waals surface area contributed by atoms with E-state index in [-0.39, 0.29) is 28.2 Å². The van der Waals surface area contributed by atoms with Gasteiger partial charge < -0.3 is 8.83 Å². The first-order valence-corrected chi connectivity index (χ1v) is 8.93. The second-order valence-corrected chi connectivity index (χ2v) is 6.87. The molecule has 0 bridgehead atoms. The van der Waals surface area contributed by atoms with Crippen molar-refractivity contribution in [3.63, 3.8) is 0 Å². The van der Waals surface area contributed by atoms with E-state index in [0.29, 0.717) is 38.5 Å². The van der Waals surface area contributed by atoms with Gasteiger partial charge in [-0.05, 0) is 68.1 Å². The maximum absolute atomic E-state index is 7.88. The van der Waals surface area contributed by atoms with Crippen molar-refractivity contribution in [3.05, 3.63) is 71.5 Å². The molecule has 29 heavy (non-hydrogen) atoms. The number of aromatic nitrogens is 2. The van der Waals surface area contributed by atoms with Gasteiger partial charge in [0.05, 0.1) is 11.1 Å². The fourth-order valence-electron chi connectivity index (χ4n) is 3.80. The van der Waals surface area contributed by atoms with Crippen LogP contribution in [-0.4, -0.2) is 9.97 Å². The number of para-hydroxylation sites is 1. The van der Waals surface area contributed by atoms with Crippen LogP contribution in [0.5, 0.6) is 0 Å². The van der Waals surface area contributed by atoms with Crippen molar-refractivity contribution >= 4 is 44.0 Å². The Labute approximate surface area is 179 Å². The Bertz CT molecular complexity index is 1890. The average molecular weight is 387 g/mol. The van der Waals surface area contributed by atoms with E-state index in [1.165, 1.54) is 12.1 Å². The quantitative estimate of drug-likeness (QED) is 0.309. The van der Waals surface area contributed by atoms with Crippen LogP contribution in [0.2, 0.25) is 0 Å². The highest BCUT2D eigenvalue weighted by molar-refractivity contribution is 6.22. The third-order valence-corrected chi connectivity index (χ3v) is 5.14. The molecule has 0 atom stereocenters. The van der Waals surface area contributed by atoms with Crippen LogP contribution < -0.4 is 0 Å². The maximum atomic E-state index is 7.88. The zero-order valence-corrected chi connectivity index (χ0v) is 14.9. The predicted octanol–water partition coefficient (Wildman–Crippen LogP) is 6.87. The van der Waals surface area contributed by atoms with Crippen molar-refractivity contribution in [1.82, 2.24) is 9.97 Å². The van der Waals surface area contributed by atoms with Crippen molar-refractivity contribution < 1.29 is 21.2 Å². The lowest BCUT2D eigenvalue weighted by molar-refractivity contribution is 0.653. The van der Waals surface area contributed by atoms with E-state index < -0.39 is 20.6 Å². The molecule has 140 valence electrons. The normalized spacial score (nSPS) is 17.9. The molecule has 0 unspecified atom stereocenters. The number of aryl methyl sites for hydroxylation is 3. The molecule has 4 heterocycles. The molecule has 0 N–H and O–H groups in total. The Morgan fingerprint density at radius 1 is 0.828 bits per heavy atom. The summed E-state index contributed by atoms with van der Waals surface area (Å²) in [4.78, 5) is 8.49. The molecular weight excluding hydrogens is 360 g/mol. The van der Waals surface area contributed by atoms with Crippen LogP contribution in [0.15, 0.2) is 63.6 Å². The summed E-state index contributed by atoms with van der Waals surface area (Å²) in [5.74, 6) is 0. The van der Waals surface area contributed by atoms with E-state index in [1.807, 2.05) is 6.07 Å². The van der Waals surface area contributed by atoms with Gasteiger partial charge in [0, 0.05) is 45.9 Å². The molecule has 0 saturated heterocycles. The van der Waals surface area contributed by atoms with Crippen LogP contribution in [0.4, 0.5) is 0 Å². The van der Waals surface area contributed by atoms with Crippen LogP contribution >= 0.6 is 0 Å². The summed E-state index contributed by atoms with van der Waals surface area (Å²) in [5, 5.41) is 2.69. The highest BCUT2D eigenvalue weighted by atomic mass is 16.3. The molecule has 0 aliphatic carbocycles. The van der Waals surface area contributed by atoms with Gasteiger partial charge in [-0.3, -0.25) is 4.98 Å². The van der Waals surface area contributed by atoms with Gasteiger partial charge in [-0.2, -0.15) is 0 Å². The van der Waals surface area contributed by atoms with Gasteiger partial charge in [0.15, 0.2) is 0 Å². The number of benzene rings is 2. The first-order chi connectivity index (χ1) is 17.7. The van der Waals surface area contributed by atoms with E-state index in [0.717, 1.165) is 11.6 Å². The van der Waals surface area contributed by atoms with Crippen molar-refractivity contribution in [2.75, 3.05) is 0 Å². The molecule has 0 radical (unpaired) electrons. The largest absolute Gasteiger partial charge is 0.455 e. The Morgan fingerprint density at radius 2 is 1.76 bits per heavy atom. The van der Waals surface area contributed by atoms with Gasteiger partial charge in [0.25, 0.3) is 0 Å². The molecule has 4 nitrogen and oxygen atoms in total. The van der Waals surface area contributed by atoms with Crippen molar-refractivity contribution in [2.45, 2.75) is 20.6 Å². The first-order valence-electron chi connectivity index (χ1n) is 13.4. The minimum atomic E-state index is -2.66. The molecule has 0 spiro atoms. The zero-order valence-electron chi connectivity index (χ0n) is 23.9. The second-order valence-electron chi connectivity index (χ2n) is 6.87. The third kappa shape index (κ3) is 2.26. The molecule has 0 aliphatic rings. The standard InChI is InChI=1S/C25H18N2O2/c1-13-11-20(26-12-14(13)2)18-5-4-6-19-22-21(28-23(18)19)10-9-16-17-8-7-15(3)27-25(17)29-24(16)22/h4-12H,1-3H3/i1D3,2D3,3D3. The zero-order chi connectivity index (χ0) is 27.2. The second kappa shape index (κ2) is 5.67. The van der Waals surface area contributed by atoms with E-state index in [1.54, 1.807) is 30.3 Å². The van der Waals surface area contributed by atoms with Crippen molar-refractivity contribution in [2.24, 2.45) is 0 Å². The van der Waals surface area contributed by atoms with E-state index in [4.69, 9.17) is 21.2 Å². The van der Waals surface area contributed by atoms with E-state index >= 15 is 0 Å². The van der Waals surface area contributed by atoms with Crippen LogP contribution in [0.3, 0.4) is 0 Å². The SMILES string of the molecule is [2H]C([2H])([2H])c1ccc2c(n1)oc1c2ccc2oc3c(-c4cc(C([2H])([2H])[2H])c(C([2H])([2H])[2H])cn4)cccc3c21. The predicted molar refractivity (Wildman–Crippen MR) is 116 cm³/mol. The number of furan rings is 2. The molecule has 4 heteroatoms. The topological polar surface area (TPSA) is 52.1 Å². The number of pyridine rings is 2. The summed E-state index contributed by atoms with van der Waals surface area (Å²) >= 11 is 0. The van der Waals surface area contributed by atoms with Gasteiger partial charge in [-0.25, -0.2) is 4.98 Å². The van der Waals surface area contributed by atoms with Gasteiger partial charge >= 0.3 is 0 Å². The summed E-state index contributed by atoms with van der Waals surface area (Å²) in [6, 6.07) is 13.3. The first kappa shape index (κ1) is 9.70. The minimum Gasteiger partial charge on any atom is -0.455 e. The minimum absolute atomic E-state index is 0.0729. The Morgan fingerprint density at radius 3 is 2.66 bits per heavy atom. The Hall–Kier alpha value is -3.66. The van der Waals surface area contributed by atoms with E-state index in [2.05, 4.69) is 9.97 Å². The number of hydrogen-bond donors (Lipinski definition) is 0. The monoisotopic (exact) mass is 387 g/mol. The molecule has 6 aromatic rings. The molecular formula is C25H18N2O2. The Kier molecular flexibility index (Phi) is 1.90. The maximum Gasteiger partial charge on any atom is 0.227 e. The van der Waals surface area contributed by atoms with Crippen LogP contribution in [0.1, 0.15) is 29.2 Å². The number of hydrogen-bond acceptors (Lipinski definition) is 4. The summed E-state index contributed by atoms with van der Waals surface area (Å²) in [5.41, 5.74) is 1.59. The van der Waals surface area contributed by atoms with Crippen LogP contribution in [-0.2, 0) is 0 Å². The van der Waals surface area contributed by atoms with Gasteiger partial charge in [0.1, 0.15) is 16.7 Å². The molecule has 2 aromatic carbocycles. The van der Waals surface area contributed by atoms with Crippen molar-refractivity contribution in [3.8, 4) is 11.3 Å². The number of rotatable bonds is 1. The summed E-state index contributed by atoms with van der Waals surface area (Å²) < 4.78 is 82.0. The van der Waals surface area contributed by atoms with Gasteiger partial charge in [-0.15, -0.1) is 0 Å². The summed E-state index contributed by atoms with van der Waals surface area (Å²) in [7, 11) is 0. The smallest absolute Gasteiger partial charge is 0.227 e. The fourth-order valence-corrected chi connectivity index (χ4v) is 3.80. The summed E-state index contributed by atoms with van der Waals surface area (Å²) in [6.07, 6.45) is 1.08. The summed E-state index contributed by atoms with van der Waals surface area (Å²) in [6.45, 7) is -7.68. The number of nitrogens with zero attached hydrogens (tertiary/aromatic N) is 2. The lowest BCUT2D eigenvalue weighted by Gasteiger charge is -2.05. The lowest BCUT2D eigenvalue weighted by atomic mass is 10.0. The lowest BCUT2D eigenvalue weighted by Crippen LogP contribution is -1.88. The third-order valence-electron chi connectivity index (χ3n) is 5.14. The molecule has 0 aliphatic heterocycles. The van der Waals surface area contributed by atoms with Crippen LogP contribution in [0, 0.1) is 20.6 Å². The highest BCUT2D eigenvalue weighted by Crippen LogP contribution is 2.41.